The number of nitrogens with zero attached hydrogens (tertiary/aromatic N) is 4. The molecule has 1 saturated heterocycles. The van der Waals surface area contributed by atoms with E-state index in [-0.39, 0.29) is 6.03 Å². The second-order valence-electron chi connectivity index (χ2n) is 9.82. The van der Waals surface area contributed by atoms with Crippen LogP contribution in [0.1, 0.15) is 36.6 Å². The van der Waals surface area contributed by atoms with Crippen molar-refractivity contribution in [3.63, 3.8) is 0 Å². The van der Waals surface area contributed by atoms with Crippen LogP contribution in [-0.4, -0.2) is 47.1 Å². The van der Waals surface area contributed by atoms with Gasteiger partial charge in [0.05, 0.1) is 5.69 Å². The Hall–Kier alpha value is -3.93. The average Bonchev–Trinajstić information content (AvgIpc) is 2.88. The molecule has 3 aromatic carbocycles. The maximum atomic E-state index is 13.1. The molecule has 36 heavy (non-hydrogen) atoms. The summed E-state index contributed by atoms with van der Waals surface area (Å²) in [5, 5.41) is 5.29. The summed E-state index contributed by atoms with van der Waals surface area (Å²) in [4.78, 5) is 27.2. The molecule has 0 aliphatic carbocycles. The monoisotopic (exact) mass is 479 g/mol. The van der Waals surface area contributed by atoms with Crippen molar-refractivity contribution in [3.8, 4) is 11.4 Å². The number of anilines is 2. The standard InChI is InChI=1S/C30H33N5O/c1-20(2)27-22(4)31-28(24-14-12-21(3)13-15-24)33-29(27)34-16-18-35(19-17-34)30(36)32-26-11-7-9-23-8-5-6-10-25(23)26/h5-15,20H,16-19H2,1-4H3,(H,32,36). The van der Waals surface area contributed by atoms with Crippen molar-refractivity contribution in [3.05, 3.63) is 83.6 Å². The molecule has 0 unspecified atom stereocenters. The van der Waals surface area contributed by atoms with Gasteiger partial charge in [0, 0.05) is 48.4 Å². The molecule has 0 saturated carbocycles. The van der Waals surface area contributed by atoms with Gasteiger partial charge in [0.1, 0.15) is 5.82 Å². The molecule has 0 radical (unpaired) electrons. The van der Waals surface area contributed by atoms with Gasteiger partial charge in [-0.05, 0) is 31.2 Å². The predicted octanol–water partition coefficient (Wildman–Crippen LogP) is 6.39. The smallest absolute Gasteiger partial charge is 0.321 e. The van der Waals surface area contributed by atoms with Crippen LogP contribution in [0.15, 0.2) is 66.7 Å². The van der Waals surface area contributed by atoms with Gasteiger partial charge in [-0.3, -0.25) is 0 Å². The summed E-state index contributed by atoms with van der Waals surface area (Å²) in [6.07, 6.45) is 0. The molecule has 1 fully saturated rings. The lowest BCUT2D eigenvalue weighted by atomic mass is 10.0. The van der Waals surface area contributed by atoms with E-state index in [2.05, 4.69) is 74.3 Å². The first-order chi connectivity index (χ1) is 17.4. The molecule has 2 heterocycles. The fourth-order valence-electron chi connectivity index (χ4n) is 4.97. The number of carbonyl (C=O) groups is 1. The molecule has 4 aromatic rings. The number of hydrogen-bond donors (Lipinski definition) is 1. The highest BCUT2D eigenvalue weighted by molar-refractivity contribution is 6.01. The van der Waals surface area contributed by atoms with Gasteiger partial charge in [-0.25, -0.2) is 14.8 Å². The molecule has 0 spiro atoms. The van der Waals surface area contributed by atoms with E-state index in [1.807, 2.05) is 35.2 Å². The summed E-state index contributed by atoms with van der Waals surface area (Å²) in [5.41, 5.74) is 5.28. The second-order valence-corrected chi connectivity index (χ2v) is 9.82. The van der Waals surface area contributed by atoms with E-state index in [1.54, 1.807) is 0 Å². The Labute approximate surface area is 213 Å². The highest BCUT2D eigenvalue weighted by atomic mass is 16.2. The normalized spacial score (nSPS) is 13.9. The molecule has 6 nitrogen and oxygen atoms in total. The van der Waals surface area contributed by atoms with Crippen LogP contribution in [-0.2, 0) is 0 Å². The van der Waals surface area contributed by atoms with Crippen LogP contribution in [0.5, 0.6) is 0 Å². The fourth-order valence-corrected chi connectivity index (χ4v) is 4.97. The number of fused-ring (bicyclic) bond motifs is 1. The van der Waals surface area contributed by atoms with E-state index < -0.39 is 0 Å². The quantitative estimate of drug-likeness (QED) is 0.368. The highest BCUT2D eigenvalue weighted by Gasteiger charge is 2.26. The van der Waals surface area contributed by atoms with Gasteiger partial charge in [-0.15, -0.1) is 0 Å². The molecule has 5 rings (SSSR count). The van der Waals surface area contributed by atoms with Crippen LogP contribution in [0.2, 0.25) is 0 Å². The lowest BCUT2D eigenvalue weighted by Gasteiger charge is -2.37. The Bertz CT molecular complexity index is 1380. The number of hydrogen-bond acceptors (Lipinski definition) is 4. The van der Waals surface area contributed by atoms with Crippen LogP contribution in [0.25, 0.3) is 22.2 Å². The van der Waals surface area contributed by atoms with Crippen molar-refractivity contribution in [2.45, 2.75) is 33.6 Å². The number of urea groups is 1. The Morgan fingerprint density at radius 3 is 2.28 bits per heavy atom. The largest absolute Gasteiger partial charge is 0.353 e. The minimum Gasteiger partial charge on any atom is -0.353 e. The lowest BCUT2D eigenvalue weighted by molar-refractivity contribution is 0.208. The van der Waals surface area contributed by atoms with E-state index in [9.17, 15) is 4.79 Å². The van der Waals surface area contributed by atoms with Crippen LogP contribution in [0.3, 0.4) is 0 Å². The van der Waals surface area contributed by atoms with Crippen molar-refractivity contribution in [2.75, 3.05) is 36.4 Å². The number of carbonyl (C=O) groups excluding carboxylic acids is 1. The molecule has 2 amide bonds. The maximum Gasteiger partial charge on any atom is 0.321 e. The number of aromatic nitrogens is 2. The topological polar surface area (TPSA) is 61.4 Å². The first-order valence-corrected chi connectivity index (χ1v) is 12.6. The van der Waals surface area contributed by atoms with E-state index in [1.165, 1.54) is 11.1 Å². The number of nitrogens with one attached hydrogen (secondary N) is 1. The van der Waals surface area contributed by atoms with Crippen molar-refractivity contribution >= 4 is 28.3 Å². The Morgan fingerprint density at radius 1 is 0.861 bits per heavy atom. The molecule has 0 atom stereocenters. The van der Waals surface area contributed by atoms with Crippen LogP contribution in [0, 0.1) is 13.8 Å². The average molecular weight is 480 g/mol. The van der Waals surface area contributed by atoms with Crippen LogP contribution in [0.4, 0.5) is 16.3 Å². The van der Waals surface area contributed by atoms with Crippen LogP contribution >= 0.6 is 0 Å². The van der Waals surface area contributed by atoms with Gasteiger partial charge in [-0.2, -0.15) is 0 Å². The van der Waals surface area contributed by atoms with Gasteiger partial charge >= 0.3 is 6.03 Å². The first-order valence-electron chi connectivity index (χ1n) is 12.6. The van der Waals surface area contributed by atoms with E-state index >= 15 is 0 Å². The van der Waals surface area contributed by atoms with Gasteiger partial charge < -0.3 is 15.1 Å². The van der Waals surface area contributed by atoms with Crippen LogP contribution < -0.4 is 10.2 Å². The molecule has 1 aromatic heterocycles. The first kappa shape index (κ1) is 23.8. The molecular formula is C30H33N5O. The third kappa shape index (κ3) is 4.76. The third-order valence-corrected chi connectivity index (χ3v) is 6.90. The summed E-state index contributed by atoms with van der Waals surface area (Å²) < 4.78 is 0. The Morgan fingerprint density at radius 2 is 1.56 bits per heavy atom. The molecule has 1 aliphatic heterocycles. The molecule has 0 bridgehead atoms. The highest BCUT2D eigenvalue weighted by Crippen LogP contribution is 2.31. The third-order valence-electron chi connectivity index (χ3n) is 6.90. The second kappa shape index (κ2) is 9.97. The SMILES string of the molecule is Cc1ccc(-c2nc(C)c(C(C)C)c(N3CCN(C(=O)Nc4cccc5ccccc45)CC3)n2)cc1. The number of benzene rings is 3. The summed E-state index contributed by atoms with van der Waals surface area (Å²) in [7, 11) is 0. The number of piperazine rings is 1. The van der Waals surface area contributed by atoms with Crippen molar-refractivity contribution in [1.29, 1.82) is 0 Å². The van der Waals surface area contributed by atoms with Gasteiger partial charge in [0.25, 0.3) is 0 Å². The van der Waals surface area contributed by atoms with Gasteiger partial charge in [-0.1, -0.05) is 80.1 Å². The minimum atomic E-state index is -0.0608. The molecular weight excluding hydrogens is 446 g/mol. The fraction of sp³-hybridized carbons (Fsp3) is 0.300. The van der Waals surface area contributed by atoms with Crippen molar-refractivity contribution < 1.29 is 4.79 Å². The Kier molecular flexibility index (Phi) is 6.59. The summed E-state index contributed by atoms with van der Waals surface area (Å²) in [5.74, 6) is 2.05. The van der Waals surface area contributed by atoms with Crippen molar-refractivity contribution in [2.24, 2.45) is 0 Å². The summed E-state index contributed by atoms with van der Waals surface area (Å²) in [6.45, 7) is 11.3. The number of aryl methyl sites for hydroxylation is 2. The molecule has 1 N–H and O–H groups in total. The van der Waals surface area contributed by atoms with E-state index in [0.29, 0.717) is 19.0 Å². The van der Waals surface area contributed by atoms with Gasteiger partial charge in [0.15, 0.2) is 5.82 Å². The maximum absolute atomic E-state index is 13.1. The van der Waals surface area contributed by atoms with E-state index in [4.69, 9.17) is 9.97 Å². The zero-order valence-electron chi connectivity index (χ0n) is 21.5. The number of amides is 2. The predicted molar refractivity (Wildman–Crippen MR) is 148 cm³/mol. The molecule has 1 aliphatic rings. The van der Waals surface area contributed by atoms with Crippen molar-refractivity contribution in [1.82, 2.24) is 14.9 Å². The van der Waals surface area contributed by atoms with E-state index in [0.717, 1.165) is 52.4 Å². The number of rotatable bonds is 4. The Balaban J connectivity index is 1.34. The van der Waals surface area contributed by atoms with Gasteiger partial charge in [0.2, 0.25) is 0 Å². The molecule has 184 valence electrons. The molecule has 6 heteroatoms. The zero-order chi connectivity index (χ0) is 25.2. The summed E-state index contributed by atoms with van der Waals surface area (Å²) >= 11 is 0. The lowest BCUT2D eigenvalue weighted by Crippen LogP contribution is -2.50. The minimum absolute atomic E-state index is 0.0608. The summed E-state index contributed by atoms with van der Waals surface area (Å²) in [6, 6.07) is 22.4. The zero-order valence-corrected chi connectivity index (χ0v) is 21.5.